The standard InChI is InChI=1S/C16H21NO3/c18-15(17-10-16(19)8-9-20-11-16)14-7-3-5-12-4-1-2-6-13(12)14/h1-2,4,6,14,19H,3,5,7-11H2,(H,17,18). The van der Waals surface area contributed by atoms with E-state index in [1.807, 2.05) is 18.2 Å². The van der Waals surface area contributed by atoms with Crippen LogP contribution in [0.2, 0.25) is 0 Å². The van der Waals surface area contributed by atoms with Gasteiger partial charge in [-0.3, -0.25) is 4.79 Å². The lowest BCUT2D eigenvalue weighted by Crippen LogP contribution is -2.45. The number of carbonyl (C=O) groups excluding carboxylic acids is 1. The van der Waals surface area contributed by atoms with Gasteiger partial charge in [-0.1, -0.05) is 24.3 Å². The smallest absolute Gasteiger partial charge is 0.227 e. The first-order valence-electron chi connectivity index (χ1n) is 7.34. The first-order valence-corrected chi connectivity index (χ1v) is 7.34. The molecule has 2 unspecified atom stereocenters. The first kappa shape index (κ1) is 13.6. The molecule has 4 heteroatoms. The minimum atomic E-state index is -0.885. The highest BCUT2D eigenvalue weighted by Gasteiger charge is 2.34. The van der Waals surface area contributed by atoms with Crippen LogP contribution in [0, 0.1) is 0 Å². The first-order chi connectivity index (χ1) is 9.68. The van der Waals surface area contributed by atoms with Gasteiger partial charge in [0.25, 0.3) is 0 Å². The van der Waals surface area contributed by atoms with Gasteiger partial charge in [-0.25, -0.2) is 0 Å². The molecule has 2 aliphatic rings. The molecule has 1 saturated heterocycles. The average molecular weight is 275 g/mol. The number of amides is 1. The van der Waals surface area contributed by atoms with Crippen molar-refractivity contribution in [1.82, 2.24) is 5.32 Å². The fraction of sp³-hybridized carbons (Fsp3) is 0.562. The molecule has 1 aliphatic carbocycles. The fourth-order valence-corrected chi connectivity index (χ4v) is 3.14. The van der Waals surface area contributed by atoms with E-state index in [-0.39, 0.29) is 18.4 Å². The number of rotatable bonds is 3. The Labute approximate surface area is 119 Å². The van der Waals surface area contributed by atoms with Crippen molar-refractivity contribution in [2.24, 2.45) is 0 Å². The van der Waals surface area contributed by atoms with Crippen LogP contribution in [0.25, 0.3) is 0 Å². The summed E-state index contributed by atoms with van der Waals surface area (Å²) in [5.74, 6) is -0.0525. The molecule has 1 aromatic carbocycles. The number of nitrogens with one attached hydrogen (secondary N) is 1. The van der Waals surface area contributed by atoms with Gasteiger partial charge in [0.2, 0.25) is 5.91 Å². The molecule has 1 amide bonds. The molecule has 0 radical (unpaired) electrons. The quantitative estimate of drug-likeness (QED) is 0.876. The Morgan fingerprint density at radius 2 is 2.30 bits per heavy atom. The third-order valence-electron chi connectivity index (χ3n) is 4.36. The van der Waals surface area contributed by atoms with E-state index in [4.69, 9.17) is 4.74 Å². The van der Waals surface area contributed by atoms with Crippen LogP contribution in [0.4, 0.5) is 0 Å². The predicted octanol–water partition coefficient (Wildman–Crippen LogP) is 1.37. The molecule has 2 N–H and O–H groups in total. The van der Waals surface area contributed by atoms with Crippen LogP contribution in [-0.2, 0) is 16.0 Å². The molecule has 0 spiro atoms. The van der Waals surface area contributed by atoms with E-state index in [1.54, 1.807) is 0 Å². The van der Waals surface area contributed by atoms with Crippen molar-refractivity contribution in [2.75, 3.05) is 19.8 Å². The second kappa shape index (κ2) is 5.54. The number of aryl methyl sites for hydroxylation is 1. The summed E-state index contributed by atoms with van der Waals surface area (Å²) in [5.41, 5.74) is 1.54. The van der Waals surface area contributed by atoms with E-state index >= 15 is 0 Å². The number of hydrogen-bond donors (Lipinski definition) is 2. The molecule has 108 valence electrons. The van der Waals surface area contributed by atoms with Gasteiger partial charge < -0.3 is 15.2 Å². The molecule has 0 aromatic heterocycles. The summed E-state index contributed by atoms with van der Waals surface area (Å²) in [4.78, 5) is 12.4. The van der Waals surface area contributed by atoms with Crippen molar-refractivity contribution in [3.05, 3.63) is 35.4 Å². The molecule has 0 saturated carbocycles. The van der Waals surface area contributed by atoms with E-state index in [0.29, 0.717) is 19.6 Å². The molecule has 0 bridgehead atoms. The topological polar surface area (TPSA) is 58.6 Å². The van der Waals surface area contributed by atoms with Crippen LogP contribution in [0.5, 0.6) is 0 Å². The predicted molar refractivity (Wildman–Crippen MR) is 75.5 cm³/mol. The molecule has 20 heavy (non-hydrogen) atoms. The highest BCUT2D eigenvalue weighted by atomic mass is 16.5. The van der Waals surface area contributed by atoms with Crippen molar-refractivity contribution in [3.63, 3.8) is 0 Å². The fourth-order valence-electron chi connectivity index (χ4n) is 3.14. The molecular weight excluding hydrogens is 254 g/mol. The zero-order valence-corrected chi connectivity index (χ0v) is 11.6. The minimum Gasteiger partial charge on any atom is -0.386 e. The lowest BCUT2D eigenvalue weighted by Gasteiger charge is -2.27. The lowest BCUT2D eigenvalue weighted by molar-refractivity contribution is -0.124. The third-order valence-corrected chi connectivity index (χ3v) is 4.36. The van der Waals surface area contributed by atoms with Gasteiger partial charge in [0, 0.05) is 19.6 Å². The minimum absolute atomic E-state index is 0.0254. The molecule has 4 nitrogen and oxygen atoms in total. The molecule has 1 fully saturated rings. The molecular formula is C16H21NO3. The number of carbonyl (C=O) groups is 1. The summed E-state index contributed by atoms with van der Waals surface area (Å²) in [6, 6.07) is 8.17. The summed E-state index contributed by atoms with van der Waals surface area (Å²) in [7, 11) is 0. The SMILES string of the molecule is O=C(NCC1(O)CCOC1)C1CCCc2ccccc21. The monoisotopic (exact) mass is 275 g/mol. The molecule has 3 rings (SSSR count). The van der Waals surface area contributed by atoms with Crippen LogP contribution in [0.15, 0.2) is 24.3 Å². The van der Waals surface area contributed by atoms with Gasteiger partial charge in [-0.15, -0.1) is 0 Å². The summed E-state index contributed by atoms with van der Waals surface area (Å²) in [5, 5.41) is 13.1. The van der Waals surface area contributed by atoms with Crippen LogP contribution < -0.4 is 5.32 Å². The Bertz CT molecular complexity index is 494. The Morgan fingerprint density at radius 1 is 1.45 bits per heavy atom. The van der Waals surface area contributed by atoms with Crippen LogP contribution in [-0.4, -0.2) is 36.4 Å². The van der Waals surface area contributed by atoms with E-state index in [2.05, 4.69) is 11.4 Å². The Morgan fingerprint density at radius 3 is 3.10 bits per heavy atom. The number of fused-ring (bicyclic) bond motifs is 1. The zero-order valence-electron chi connectivity index (χ0n) is 11.6. The van der Waals surface area contributed by atoms with E-state index in [1.165, 1.54) is 5.56 Å². The van der Waals surface area contributed by atoms with Gasteiger partial charge >= 0.3 is 0 Å². The van der Waals surface area contributed by atoms with Crippen molar-refractivity contribution in [3.8, 4) is 0 Å². The van der Waals surface area contributed by atoms with Crippen molar-refractivity contribution in [2.45, 2.75) is 37.2 Å². The summed E-state index contributed by atoms with van der Waals surface area (Å²) < 4.78 is 5.19. The summed E-state index contributed by atoms with van der Waals surface area (Å²) in [6.45, 7) is 1.16. The van der Waals surface area contributed by atoms with Crippen molar-refractivity contribution in [1.29, 1.82) is 0 Å². The normalized spacial score (nSPS) is 28.9. The second-order valence-electron chi connectivity index (χ2n) is 5.89. The number of aliphatic hydroxyl groups is 1. The highest BCUT2D eigenvalue weighted by Crippen LogP contribution is 2.31. The largest absolute Gasteiger partial charge is 0.386 e. The van der Waals surface area contributed by atoms with Gasteiger partial charge in [0.15, 0.2) is 0 Å². The maximum absolute atomic E-state index is 12.4. The maximum Gasteiger partial charge on any atom is 0.227 e. The van der Waals surface area contributed by atoms with Gasteiger partial charge in [0.05, 0.1) is 12.5 Å². The Kier molecular flexibility index (Phi) is 3.76. The Hall–Kier alpha value is -1.39. The second-order valence-corrected chi connectivity index (χ2v) is 5.89. The molecule has 1 aliphatic heterocycles. The van der Waals surface area contributed by atoms with Gasteiger partial charge in [-0.2, -0.15) is 0 Å². The van der Waals surface area contributed by atoms with Gasteiger partial charge in [-0.05, 0) is 30.4 Å². The van der Waals surface area contributed by atoms with E-state index < -0.39 is 5.60 Å². The number of benzene rings is 1. The van der Waals surface area contributed by atoms with Crippen molar-refractivity contribution >= 4 is 5.91 Å². The van der Waals surface area contributed by atoms with Crippen molar-refractivity contribution < 1.29 is 14.6 Å². The maximum atomic E-state index is 12.4. The van der Waals surface area contributed by atoms with Crippen LogP contribution in [0.3, 0.4) is 0 Å². The lowest BCUT2D eigenvalue weighted by atomic mass is 9.82. The molecule has 1 heterocycles. The van der Waals surface area contributed by atoms with Crippen LogP contribution in [0.1, 0.15) is 36.3 Å². The van der Waals surface area contributed by atoms with E-state index in [0.717, 1.165) is 24.8 Å². The zero-order chi connectivity index (χ0) is 14.0. The Balaban J connectivity index is 1.66. The average Bonchev–Trinajstić information content (AvgIpc) is 2.91. The third kappa shape index (κ3) is 2.72. The van der Waals surface area contributed by atoms with E-state index in [9.17, 15) is 9.90 Å². The van der Waals surface area contributed by atoms with Gasteiger partial charge in [0.1, 0.15) is 5.60 Å². The number of ether oxygens (including phenoxy) is 1. The molecule has 2 atom stereocenters. The highest BCUT2D eigenvalue weighted by molar-refractivity contribution is 5.84. The van der Waals surface area contributed by atoms with Crippen LogP contribution >= 0.6 is 0 Å². The molecule has 1 aromatic rings. The summed E-state index contributed by atoms with van der Waals surface area (Å²) in [6.07, 6.45) is 3.58. The summed E-state index contributed by atoms with van der Waals surface area (Å²) >= 11 is 0. The number of hydrogen-bond acceptors (Lipinski definition) is 3.